The SMILES string of the molecule is COc1ccc2[nH]c(C(=O)O)c(NS(=O)(=O)Cc3ccccc3)c2c1. The van der Waals surface area contributed by atoms with Gasteiger partial charge < -0.3 is 14.8 Å². The second kappa shape index (κ2) is 6.48. The topological polar surface area (TPSA) is 108 Å². The lowest BCUT2D eigenvalue weighted by Gasteiger charge is -2.09. The molecular weight excluding hydrogens is 344 g/mol. The number of hydrogen-bond acceptors (Lipinski definition) is 4. The summed E-state index contributed by atoms with van der Waals surface area (Å²) in [6.07, 6.45) is 0. The van der Waals surface area contributed by atoms with Crippen molar-refractivity contribution >= 4 is 32.6 Å². The number of benzene rings is 2. The maximum Gasteiger partial charge on any atom is 0.354 e. The summed E-state index contributed by atoms with van der Waals surface area (Å²) >= 11 is 0. The summed E-state index contributed by atoms with van der Waals surface area (Å²) in [5.41, 5.74) is 0.872. The van der Waals surface area contributed by atoms with E-state index in [-0.39, 0.29) is 17.1 Å². The number of aromatic nitrogens is 1. The van der Waals surface area contributed by atoms with E-state index in [1.165, 1.54) is 7.11 Å². The molecule has 1 aromatic heterocycles. The van der Waals surface area contributed by atoms with Gasteiger partial charge in [-0.3, -0.25) is 4.72 Å². The highest BCUT2D eigenvalue weighted by atomic mass is 32.2. The van der Waals surface area contributed by atoms with Crippen molar-refractivity contribution in [3.63, 3.8) is 0 Å². The second-order valence-corrected chi connectivity index (χ2v) is 7.16. The Labute approximate surface area is 144 Å². The minimum Gasteiger partial charge on any atom is -0.497 e. The molecule has 8 heteroatoms. The van der Waals surface area contributed by atoms with Crippen LogP contribution in [0.1, 0.15) is 16.1 Å². The van der Waals surface area contributed by atoms with Crippen LogP contribution in [0.2, 0.25) is 0 Å². The number of hydrogen-bond donors (Lipinski definition) is 3. The number of H-pyrrole nitrogens is 1. The maximum absolute atomic E-state index is 12.5. The largest absolute Gasteiger partial charge is 0.497 e. The Kier molecular flexibility index (Phi) is 4.37. The summed E-state index contributed by atoms with van der Waals surface area (Å²) in [7, 11) is -2.32. The van der Waals surface area contributed by atoms with Crippen molar-refractivity contribution in [2.24, 2.45) is 0 Å². The standard InChI is InChI=1S/C17H16N2O5S/c1-24-12-7-8-14-13(9-12)15(16(18-14)17(20)21)19-25(22,23)10-11-5-3-2-4-6-11/h2-9,18-19H,10H2,1H3,(H,20,21). The van der Waals surface area contributed by atoms with Crippen molar-refractivity contribution in [1.82, 2.24) is 4.98 Å². The second-order valence-electron chi connectivity index (χ2n) is 5.44. The van der Waals surface area contributed by atoms with E-state index in [9.17, 15) is 18.3 Å². The fourth-order valence-electron chi connectivity index (χ4n) is 2.55. The molecule has 0 atom stereocenters. The van der Waals surface area contributed by atoms with E-state index in [0.29, 0.717) is 22.2 Å². The Hall–Kier alpha value is -3.00. The molecule has 0 aliphatic heterocycles. The average molecular weight is 360 g/mol. The van der Waals surface area contributed by atoms with Gasteiger partial charge in [0.1, 0.15) is 11.4 Å². The average Bonchev–Trinajstić information content (AvgIpc) is 2.92. The van der Waals surface area contributed by atoms with E-state index in [4.69, 9.17) is 4.74 Å². The molecule has 3 aromatic rings. The molecule has 0 aliphatic carbocycles. The molecule has 1 heterocycles. The minimum absolute atomic E-state index is 0.00247. The molecule has 0 radical (unpaired) electrons. The summed E-state index contributed by atoms with van der Waals surface area (Å²) < 4.78 is 32.5. The number of fused-ring (bicyclic) bond motifs is 1. The summed E-state index contributed by atoms with van der Waals surface area (Å²) in [6.45, 7) is 0. The van der Waals surface area contributed by atoms with Gasteiger partial charge in [0.05, 0.1) is 18.6 Å². The fourth-order valence-corrected chi connectivity index (χ4v) is 3.78. The lowest BCUT2D eigenvalue weighted by Crippen LogP contribution is -2.16. The molecule has 2 aromatic carbocycles. The third-order valence-corrected chi connectivity index (χ3v) is 4.91. The van der Waals surface area contributed by atoms with Crippen LogP contribution in [0.25, 0.3) is 10.9 Å². The quantitative estimate of drug-likeness (QED) is 0.626. The van der Waals surface area contributed by atoms with E-state index in [0.717, 1.165) is 0 Å². The predicted molar refractivity (Wildman–Crippen MR) is 94.5 cm³/mol. The molecular formula is C17H16N2O5S. The zero-order chi connectivity index (χ0) is 18.0. The van der Waals surface area contributed by atoms with E-state index in [2.05, 4.69) is 9.71 Å². The van der Waals surface area contributed by atoms with E-state index < -0.39 is 16.0 Å². The first-order valence-electron chi connectivity index (χ1n) is 7.37. The number of anilines is 1. The number of sulfonamides is 1. The maximum atomic E-state index is 12.5. The van der Waals surface area contributed by atoms with Gasteiger partial charge in [-0.1, -0.05) is 30.3 Å². The van der Waals surface area contributed by atoms with Gasteiger partial charge in [0.15, 0.2) is 0 Å². The van der Waals surface area contributed by atoms with Crippen LogP contribution in [0.3, 0.4) is 0 Å². The molecule has 3 N–H and O–H groups in total. The molecule has 3 rings (SSSR count). The van der Waals surface area contributed by atoms with Gasteiger partial charge in [0, 0.05) is 10.9 Å². The van der Waals surface area contributed by atoms with Gasteiger partial charge in [-0.25, -0.2) is 13.2 Å². The molecule has 0 unspecified atom stereocenters. The Morgan fingerprint density at radius 1 is 1.20 bits per heavy atom. The van der Waals surface area contributed by atoms with Gasteiger partial charge >= 0.3 is 5.97 Å². The first kappa shape index (κ1) is 16.8. The Balaban J connectivity index is 2.04. The Morgan fingerprint density at radius 3 is 2.56 bits per heavy atom. The highest BCUT2D eigenvalue weighted by Gasteiger charge is 2.22. The number of rotatable bonds is 6. The van der Waals surface area contributed by atoms with Crippen LogP contribution in [-0.4, -0.2) is 31.6 Å². The molecule has 130 valence electrons. The molecule has 0 saturated carbocycles. The van der Waals surface area contributed by atoms with Crippen molar-refractivity contribution in [1.29, 1.82) is 0 Å². The molecule has 0 fully saturated rings. The number of carboxylic acid groups (broad SMARTS) is 1. The molecule has 0 spiro atoms. The van der Waals surface area contributed by atoms with Crippen LogP contribution in [0, 0.1) is 0 Å². The van der Waals surface area contributed by atoms with Crippen molar-refractivity contribution in [3.8, 4) is 5.75 Å². The molecule has 25 heavy (non-hydrogen) atoms. The van der Waals surface area contributed by atoms with Gasteiger partial charge in [0.2, 0.25) is 10.0 Å². The number of ether oxygens (including phenoxy) is 1. The number of aromatic carboxylic acids is 1. The van der Waals surface area contributed by atoms with Gasteiger partial charge in [-0.05, 0) is 23.8 Å². The fraction of sp³-hybridized carbons (Fsp3) is 0.118. The number of carboxylic acids is 1. The van der Waals surface area contributed by atoms with Crippen LogP contribution in [0.5, 0.6) is 5.75 Å². The lowest BCUT2D eigenvalue weighted by atomic mass is 10.2. The highest BCUT2D eigenvalue weighted by Crippen LogP contribution is 2.32. The first-order chi connectivity index (χ1) is 11.9. The first-order valence-corrected chi connectivity index (χ1v) is 9.02. The Bertz CT molecular complexity index is 1030. The zero-order valence-corrected chi connectivity index (χ0v) is 14.1. The predicted octanol–water partition coefficient (Wildman–Crippen LogP) is 2.82. The van der Waals surface area contributed by atoms with Crippen LogP contribution in [0.15, 0.2) is 48.5 Å². The summed E-state index contributed by atoms with van der Waals surface area (Å²) in [5, 5.41) is 9.81. The molecule has 7 nitrogen and oxygen atoms in total. The lowest BCUT2D eigenvalue weighted by molar-refractivity contribution is 0.0692. The van der Waals surface area contributed by atoms with E-state index in [1.54, 1.807) is 48.5 Å². The molecule has 0 bridgehead atoms. The van der Waals surface area contributed by atoms with Gasteiger partial charge in [0.25, 0.3) is 0 Å². The van der Waals surface area contributed by atoms with Crippen LogP contribution in [-0.2, 0) is 15.8 Å². The highest BCUT2D eigenvalue weighted by molar-refractivity contribution is 7.92. The number of carbonyl (C=O) groups is 1. The van der Waals surface area contributed by atoms with Crippen molar-refractivity contribution in [2.75, 3.05) is 11.8 Å². The summed E-state index contributed by atoms with van der Waals surface area (Å²) in [6, 6.07) is 13.5. The molecule has 0 saturated heterocycles. The molecule has 0 aliphatic rings. The Morgan fingerprint density at radius 2 is 1.92 bits per heavy atom. The molecule has 0 amide bonds. The van der Waals surface area contributed by atoms with E-state index >= 15 is 0 Å². The summed E-state index contributed by atoms with van der Waals surface area (Å²) in [4.78, 5) is 14.2. The number of aromatic amines is 1. The van der Waals surface area contributed by atoms with Crippen molar-refractivity contribution in [3.05, 3.63) is 59.8 Å². The normalized spacial score (nSPS) is 11.4. The van der Waals surface area contributed by atoms with Crippen LogP contribution in [0.4, 0.5) is 5.69 Å². The summed E-state index contributed by atoms with van der Waals surface area (Å²) in [5.74, 6) is -1.02. The third-order valence-electron chi connectivity index (χ3n) is 3.68. The minimum atomic E-state index is -3.80. The van der Waals surface area contributed by atoms with Crippen molar-refractivity contribution < 1.29 is 23.1 Å². The van der Waals surface area contributed by atoms with Crippen LogP contribution < -0.4 is 9.46 Å². The zero-order valence-electron chi connectivity index (χ0n) is 13.3. The smallest absolute Gasteiger partial charge is 0.354 e. The van der Waals surface area contributed by atoms with Gasteiger partial charge in [-0.15, -0.1) is 0 Å². The van der Waals surface area contributed by atoms with Crippen LogP contribution >= 0.6 is 0 Å². The van der Waals surface area contributed by atoms with E-state index in [1.807, 2.05) is 0 Å². The van der Waals surface area contributed by atoms with Gasteiger partial charge in [-0.2, -0.15) is 0 Å². The number of nitrogens with one attached hydrogen (secondary N) is 2. The van der Waals surface area contributed by atoms with Crippen molar-refractivity contribution in [2.45, 2.75) is 5.75 Å². The number of methoxy groups -OCH3 is 1. The monoisotopic (exact) mass is 360 g/mol. The third kappa shape index (κ3) is 3.58.